The van der Waals surface area contributed by atoms with Crippen molar-refractivity contribution in [1.29, 1.82) is 0 Å². The van der Waals surface area contributed by atoms with Gasteiger partial charge in [-0.3, -0.25) is 9.59 Å². The quantitative estimate of drug-likeness (QED) is 0.732. The average Bonchev–Trinajstić information content (AvgIpc) is 3.01. The Morgan fingerprint density at radius 2 is 1.78 bits per heavy atom. The first kappa shape index (κ1) is 20.2. The minimum absolute atomic E-state index is 0.0226. The van der Waals surface area contributed by atoms with E-state index in [0.29, 0.717) is 17.8 Å². The highest BCUT2D eigenvalue weighted by Gasteiger charge is 2.22. The minimum atomic E-state index is -1.14. The zero-order chi connectivity index (χ0) is 20.4. The Hall–Kier alpha value is -3.09. The molecule has 2 rings (SSSR count). The first-order valence-corrected chi connectivity index (χ1v) is 8.62. The molecular weight excluding hydrogens is 348 g/mol. The number of carbonyl (C=O) groups is 3. The lowest BCUT2D eigenvalue weighted by molar-refractivity contribution is -0.123. The molecule has 0 aliphatic carbocycles. The van der Waals surface area contributed by atoms with Crippen molar-refractivity contribution in [3.8, 4) is 0 Å². The first-order valence-electron chi connectivity index (χ1n) is 8.62. The fourth-order valence-corrected chi connectivity index (χ4v) is 2.32. The fraction of sp³-hybridized carbons (Fsp3) is 0.350. The molecule has 0 radical (unpaired) electrons. The lowest BCUT2D eigenvalue weighted by atomic mass is 9.95. The van der Waals surface area contributed by atoms with Crippen molar-refractivity contribution in [2.24, 2.45) is 5.41 Å². The maximum absolute atomic E-state index is 12.5. The summed E-state index contributed by atoms with van der Waals surface area (Å²) >= 11 is 0. The highest BCUT2D eigenvalue weighted by molar-refractivity contribution is 6.05. The third-order valence-electron chi connectivity index (χ3n) is 4.01. The van der Waals surface area contributed by atoms with E-state index in [4.69, 9.17) is 4.42 Å². The van der Waals surface area contributed by atoms with E-state index in [1.807, 2.05) is 27.7 Å². The van der Waals surface area contributed by atoms with Crippen LogP contribution < -0.4 is 10.6 Å². The number of furan rings is 1. The highest BCUT2D eigenvalue weighted by atomic mass is 16.4. The molecule has 0 atom stereocenters. The third-order valence-corrected chi connectivity index (χ3v) is 4.01. The number of carbonyl (C=O) groups excluding carboxylic acids is 2. The van der Waals surface area contributed by atoms with Crippen molar-refractivity contribution in [1.82, 2.24) is 0 Å². The van der Waals surface area contributed by atoms with Gasteiger partial charge in [-0.15, -0.1) is 0 Å². The second kappa shape index (κ2) is 7.65. The number of hydrogen-bond acceptors (Lipinski definition) is 4. The molecule has 27 heavy (non-hydrogen) atoms. The van der Waals surface area contributed by atoms with Gasteiger partial charge in [0.15, 0.2) is 5.76 Å². The second-order valence-electron chi connectivity index (χ2n) is 7.29. The number of nitrogens with one attached hydrogen (secondary N) is 2. The summed E-state index contributed by atoms with van der Waals surface area (Å²) in [6.07, 6.45) is 0.363. The Balaban J connectivity index is 2.24. The Morgan fingerprint density at radius 3 is 2.30 bits per heavy atom. The van der Waals surface area contributed by atoms with E-state index in [0.717, 1.165) is 5.56 Å². The van der Waals surface area contributed by atoms with E-state index in [2.05, 4.69) is 10.6 Å². The molecule has 144 valence electrons. The van der Waals surface area contributed by atoms with Gasteiger partial charge in [-0.2, -0.15) is 0 Å². The van der Waals surface area contributed by atoms with Gasteiger partial charge in [-0.05, 0) is 24.6 Å². The molecule has 0 saturated heterocycles. The summed E-state index contributed by atoms with van der Waals surface area (Å²) < 4.78 is 5.38. The Labute approximate surface area is 157 Å². The van der Waals surface area contributed by atoms with Gasteiger partial charge in [0.1, 0.15) is 11.3 Å². The van der Waals surface area contributed by atoms with Gasteiger partial charge in [0.25, 0.3) is 5.91 Å². The smallest absolute Gasteiger partial charge is 0.339 e. The minimum Gasteiger partial charge on any atom is -0.478 e. The van der Waals surface area contributed by atoms with Crippen LogP contribution in [0.15, 0.2) is 28.7 Å². The van der Waals surface area contributed by atoms with Crippen molar-refractivity contribution in [2.45, 2.75) is 41.0 Å². The van der Waals surface area contributed by atoms with Crippen LogP contribution in [0, 0.1) is 12.3 Å². The van der Waals surface area contributed by atoms with Crippen LogP contribution >= 0.6 is 0 Å². The zero-order valence-corrected chi connectivity index (χ0v) is 16.1. The lowest BCUT2D eigenvalue weighted by Gasteiger charge is -2.18. The lowest BCUT2D eigenvalue weighted by Crippen LogP contribution is -2.27. The van der Waals surface area contributed by atoms with Crippen LogP contribution in [0.2, 0.25) is 0 Å². The summed E-state index contributed by atoms with van der Waals surface area (Å²) in [6.45, 7) is 8.98. The van der Waals surface area contributed by atoms with E-state index in [1.54, 1.807) is 25.1 Å². The maximum Gasteiger partial charge on any atom is 0.339 e. The predicted octanol–water partition coefficient (Wildman–Crippen LogP) is 4.09. The molecule has 0 fully saturated rings. The van der Waals surface area contributed by atoms with Crippen molar-refractivity contribution in [2.75, 3.05) is 10.6 Å². The number of amides is 2. The number of carboxylic acid groups (broad SMARTS) is 1. The van der Waals surface area contributed by atoms with Gasteiger partial charge < -0.3 is 20.2 Å². The number of carboxylic acids is 1. The average molecular weight is 372 g/mol. The van der Waals surface area contributed by atoms with Crippen molar-refractivity contribution in [3.05, 3.63) is 46.9 Å². The molecule has 0 aliphatic heterocycles. The predicted molar refractivity (Wildman–Crippen MR) is 102 cm³/mol. The topological polar surface area (TPSA) is 109 Å². The van der Waals surface area contributed by atoms with Crippen molar-refractivity contribution < 1.29 is 23.9 Å². The molecule has 2 amide bonds. The molecule has 1 aromatic carbocycles. The summed E-state index contributed by atoms with van der Waals surface area (Å²) in [5.41, 5.74) is 1.27. The van der Waals surface area contributed by atoms with Crippen molar-refractivity contribution >= 4 is 29.2 Å². The van der Waals surface area contributed by atoms with Crippen LogP contribution in [-0.2, 0) is 11.2 Å². The number of benzene rings is 1. The molecule has 2 aromatic rings. The molecule has 0 spiro atoms. The van der Waals surface area contributed by atoms with Gasteiger partial charge in [0, 0.05) is 29.3 Å². The molecule has 1 heterocycles. The Kier molecular flexibility index (Phi) is 5.73. The van der Waals surface area contributed by atoms with Gasteiger partial charge in [0.05, 0.1) is 0 Å². The molecule has 0 aliphatic rings. The van der Waals surface area contributed by atoms with Crippen LogP contribution in [0.25, 0.3) is 0 Å². The fourth-order valence-electron chi connectivity index (χ4n) is 2.32. The number of rotatable bonds is 5. The van der Waals surface area contributed by atoms with E-state index >= 15 is 0 Å². The van der Waals surface area contributed by atoms with E-state index in [1.165, 1.54) is 6.07 Å². The van der Waals surface area contributed by atoms with Crippen LogP contribution in [0.5, 0.6) is 0 Å². The van der Waals surface area contributed by atoms with E-state index in [9.17, 15) is 19.5 Å². The molecular formula is C20H24N2O5. The van der Waals surface area contributed by atoms with Gasteiger partial charge in [-0.1, -0.05) is 33.8 Å². The van der Waals surface area contributed by atoms with Crippen LogP contribution in [0.1, 0.15) is 59.9 Å². The SMILES string of the molecule is CCc1oc(C(=O)Nc2cc(NC(=O)C(C)(C)C)ccc2C)cc1C(=O)O. The highest BCUT2D eigenvalue weighted by Crippen LogP contribution is 2.24. The van der Waals surface area contributed by atoms with E-state index in [-0.39, 0.29) is 23.0 Å². The monoisotopic (exact) mass is 372 g/mol. The third kappa shape index (κ3) is 4.75. The molecule has 3 N–H and O–H groups in total. The van der Waals surface area contributed by atoms with Crippen LogP contribution in [0.3, 0.4) is 0 Å². The van der Waals surface area contributed by atoms with Crippen LogP contribution in [0.4, 0.5) is 11.4 Å². The summed E-state index contributed by atoms with van der Waals surface area (Å²) in [6, 6.07) is 6.39. The Bertz CT molecular complexity index is 890. The van der Waals surface area contributed by atoms with Gasteiger partial charge >= 0.3 is 5.97 Å². The number of aryl methyl sites for hydroxylation is 2. The molecule has 0 saturated carbocycles. The van der Waals surface area contributed by atoms with Gasteiger partial charge in [-0.25, -0.2) is 4.79 Å². The number of anilines is 2. The number of aromatic carboxylic acids is 1. The largest absolute Gasteiger partial charge is 0.478 e. The summed E-state index contributed by atoms with van der Waals surface area (Å²) in [4.78, 5) is 35.8. The van der Waals surface area contributed by atoms with E-state index < -0.39 is 17.3 Å². The zero-order valence-electron chi connectivity index (χ0n) is 16.1. The van der Waals surface area contributed by atoms with Crippen LogP contribution in [-0.4, -0.2) is 22.9 Å². The molecule has 0 unspecified atom stereocenters. The molecule has 0 bridgehead atoms. The maximum atomic E-state index is 12.5. The number of hydrogen-bond donors (Lipinski definition) is 3. The van der Waals surface area contributed by atoms with Crippen molar-refractivity contribution in [3.63, 3.8) is 0 Å². The normalized spacial score (nSPS) is 11.1. The first-order chi connectivity index (χ1) is 12.5. The standard InChI is InChI=1S/C20H24N2O5/c1-6-15-13(18(24)25)10-16(27-15)17(23)22-14-9-12(8-7-11(14)2)21-19(26)20(3,4)5/h7-10H,6H2,1-5H3,(H,21,26)(H,22,23)(H,24,25). The summed E-state index contributed by atoms with van der Waals surface area (Å²) in [7, 11) is 0. The second-order valence-corrected chi connectivity index (χ2v) is 7.29. The summed E-state index contributed by atoms with van der Waals surface area (Å²) in [5, 5.41) is 14.7. The molecule has 7 nitrogen and oxygen atoms in total. The Morgan fingerprint density at radius 1 is 1.11 bits per heavy atom. The molecule has 7 heteroatoms. The van der Waals surface area contributed by atoms with Gasteiger partial charge in [0.2, 0.25) is 5.91 Å². The summed E-state index contributed by atoms with van der Waals surface area (Å²) in [5.74, 6) is -1.67. The molecule has 1 aromatic heterocycles.